The van der Waals surface area contributed by atoms with Crippen LogP contribution < -0.4 is 15.0 Å². The molecule has 33 heavy (non-hydrogen) atoms. The maximum Gasteiger partial charge on any atom is 0.335 e. The van der Waals surface area contributed by atoms with E-state index in [-0.39, 0.29) is 11.3 Å². The van der Waals surface area contributed by atoms with Crippen LogP contribution in [-0.4, -0.2) is 17.8 Å². The first-order valence-electron chi connectivity index (χ1n) is 9.65. The summed E-state index contributed by atoms with van der Waals surface area (Å²) >= 11 is 12.9. The van der Waals surface area contributed by atoms with Crippen molar-refractivity contribution in [1.82, 2.24) is 5.32 Å². The molecular weight excluding hydrogens is 576 g/mol. The van der Waals surface area contributed by atoms with Crippen molar-refractivity contribution in [3.63, 3.8) is 0 Å². The van der Waals surface area contributed by atoms with Crippen LogP contribution in [0.3, 0.4) is 0 Å². The van der Waals surface area contributed by atoms with Crippen LogP contribution in [0.5, 0.6) is 5.75 Å². The Morgan fingerprint density at radius 1 is 0.970 bits per heavy atom. The summed E-state index contributed by atoms with van der Waals surface area (Å²) in [5.74, 6) is -0.864. The summed E-state index contributed by atoms with van der Waals surface area (Å²) in [4.78, 5) is 38.4. The molecule has 1 saturated heterocycles. The molecule has 1 heterocycles. The fraction of sp³-hybridized carbons (Fsp3) is 0.0417. The molecule has 0 unspecified atom stereocenters. The lowest BCUT2D eigenvalue weighted by molar-refractivity contribution is -0.122. The van der Waals surface area contributed by atoms with Crippen LogP contribution in [0.2, 0.25) is 5.02 Å². The molecule has 4 amide bonds. The average Bonchev–Trinajstić information content (AvgIpc) is 2.77. The van der Waals surface area contributed by atoms with E-state index in [1.807, 2.05) is 18.2 Å². The maximum absolute atomic E-state index is 12.9. The summed E-state index contributed by atoms with van der Waals surface area (Å²) in [5.41, 5.74) is 1.69. The Labute approximate surface area is 211 Å². The highest BCUT2D eigenvalue weighted by molar-refractivity contribution is 9.11. The molecule has 0 saturated carbocycles. The predicted octanol–water partition coefficient (Wildman–Crippen LogP) is 6.11. The monoisotopic (exact) mass is 588 g/mol. The first-order chi connectivity index (χ1) is 15.8. The van der Waals surface area contributed by atoms with Crippen molar-refractivity contribution in [3.05, 3.63) is 97.4 Å². The van der Waals surface area contributed by atoms with Crippen LogP contribution in [0.4, 0.5) is 10.5 Å². The third-order valence-electron chi connectivity index (χ3n) is 4.77. The number of barbiturate groups is 1. The van der Waals surface area contributed by atoms with Crippen molar-refractivity contribution in [2.24, 2.45) is 0 Å². The van der Waals surface area contributed by atoms with E-state index in [9.17, 15) is 14.4 Å². The van der Waals surface area contributed by atoms with E-state index in [0.29, 0.717) is 22.9 Å². The van der Waals surface area contributed by atoms with Gasteiger partial charge in [-0.05, 0) is 54.1 Å². The molecule has 0 radical (unpaired) electrons. The number of carbonyl (C=O) groups excluding carboxylic acids is 3. The molecule has 0 spiro atoms. The number of hydrogen-bond acceptors (Lipinski definition) is 4. The van der Waals surface area contributed by atoms with Crippen molar-refractivity contribution in [2.45, 2.75) is 6.61 Å². The fourth-order valence-electron chi connectivity index (χ4n) is 3.13. The van der Waals surface area contributed by atoms with Gasteiger partial charge in [0.15, 0.2) is 0 Å². The number of anilines is 1. The molecule has 1 aliphatic heterocycles. The predicted molar refractivity (Wildman–Crippen MR) is 133 cm³/mol. The number of nitrogens with zero attached hydrogens (tertiary/aromatic N) is 1. The Bertz CT molecular complexity index is 1290. The first-order valence-corrected chi connectivity index (χ1v) is 11.6. The van der Waals surface area contributed by atoms with Gasteiger partial charge in [-0.1, -0.05) is 67.7 Å². The maximum atomic E-state index is 12.9. The lowest BCUT2D eigenvalue weighted by atomic mass is 10.1. The van der Waals surface area contributed by atoms with E-state index in [4.69, 9.17) is 16.3 Å². The van der Waals surface area contributed by atoms with Gasteiger partial charge < -0.3 is 4.74 Å². The molecule has 3 aromatic carbocycles. The molecule has 3 aromatic rings. The van der Waals surface area contributed by atoms with Crippen molar-refractivity contribution in [3.8, 4) is 5.75 Å². The number of benzene rings is 3. The van der Waals surface area contributed by atoms with Gasteiger partial charge in [-0.15, -0.1) is 0 Å². The summed E-state index contributed by atoms with van der Waals surface area (Å²) < 4.78 is 7.72. The van der Waals surface area contributed by atoms with Gasteiger partial charge in [0.25, 0.3) is 11.8 Å². The molecule has 1 fully saturated rings. The topological polar surface area (TPSA) is 75.7 Å². The minimum Gasteiger partial charge on any atom is -0.489 e. The SMILES string of the molecule is O=C1NC(=O)N(c2cccc(Cl)c2)C(=O)/C1=C/c1ccc(OCc2ccc(Br)cc2Br)cc1. The third kappa shape index (κ3) is 5.35. The van der Waals surface area contributed by atoms with Crippen molar-refractivity contribution in [1.29, 1.82) is 0 Å². The summed E-state index contributed by atoms with van der Waals surface area (Å²) in [6, 6.07) is 18.2. The van der Waals surface area contributed by atoms with Gasteiger partial charge in [-0.25, -0.2) is 9.69 Å². The largest absolute Gasteiger partial charge is 0.489 e. The van der Waals surface area contributed by atoms with Crippen molar-refractivity contribution in [2.75, 3.05) is 4.90 Å². The number of amides is 4. The second-order valence-corrected chi connectivity index (χ2v) is 9.24. The number of ether oxygens (including phenoxy) is 1. The molecule has 9 heteroatoms. The molecular formula is C24H15Br2ClN2O4. The van der Waals surface area contributed by atoms with E-state index >= 15 is 0 Å². The lowest BCUT2D eigenvalue weighted by Gasteiger charge is -2.26. The second-order valence-electron chi connectivity index (χ2n) is 7.03. The zero-order valence-electron chi connectivity index (χ0n) is 16.8. The van der Waals surface area contributed by atoms with Gasteiger partial charge in [0, 0.05) is 19.5 Å². The van der Waals surface area contributed by atoms with Gasteiger partial charge in [-0.3, -0.25) is 14.9 Å². The van der Waals surface area contributed by atoms with Crippen LogP contribution in [0.1, 0.15) is 11.1 Å². The van der Waals surface area contributed by atoms with Crippen molar-refractivity contribution >= 4 is 73.1 Å². The minimum absolute atomic E-state index is 0.165. The van der Waals surface area contributed by atoms with Crippen LogP contribution in [-0.2, 0) is 16.2 Å². The van der Waals surface area contributed by atoms with E-state index in [1.54, 1.807) is 42.5 Å². The van der Waals surface area contributed by atoms with Crippen LogP contribution in [0, 0.1) is 0 Å². The van der Waals surface area contributed by atoms with Crippen LogP contribution >= 0.6 is 43.5 Å². The van der Waals surface area contributed by atoms with E-state index in [0.717, 1.165) is 19.4 Å². The highest BCUT2D eigenvalue weighted by Gasteiger charge is 2.36. The number of hydrogen-bond donors (Lipinski definition) is 1. The second kappa shape index (κ2) is 9.91. The van der Waals surface area contributed by atoms with E-state index < -0.39 is 17.8 Å². The van der Waals surface area contributed by atoms with Crippen LogP contribution in [0.15, 0.2) is 81.2 Å². The van der Waals surface area contributed by atoms with Gasteiger partial charge in [-0.2, -0.15) is 0 Å². The lowest BCUT2D eigenvalue weighted by Crippen LogP contribution is -2.54. The standard InChI is InChI=1S/C24H15Br2ClN2O4/c25-16-7-6-15(21(26)11-16)13-33-19-8-4-14(5-9-19)10-20-22(30)28-24(32)29(23(20)31)18-3-1-2-17(27)12-18/h1-12H,13H2,(H,28,30,32)/b20-10+. The molecule has 0 aliphatic carbocycles. The molecule has 1 N–H and O–H groups in total. The molecule has 166 valence electrons. The number of carbonyl (C=O) groups is 3. The van der Waals surface area contributed by atoms with Gasteiger partial charge in [0.05, 0.1) is 5.69 Å². The Kier molecular flexibility index (Phi) is 6.97. The molecule has 4 rings (SSSR count). The highest BCUT2D eigenvalue weighted by atomic mass is 79.9. The normalized spacial score (nSPS) is 15.1. The summed E-state index contributed by atoms with van der Waals surface area (Å²) in [6.45, 7) is 0.367. The van der Waals surface area contributed by atoms with E-state index in [2.05, 4.69) is 37.2 Å². The number of nitrogens with one attached hydrogen (secondary N) is 1. The Balaban J connectivity index is 1.52. The van der Waals surface area contributed by atoms with Gasteiger partial charge in [0.2, 0.25) is 0 Å². The fourth-order valence-corrected chi connectivity index (χ4v) is 4.48. The molecule has 0 atom stereocenters. The summed E-state index contributed by atoms with van der Waals surface area (Å²) in [7, 11) is 0. The van der Waals surface area contributed by atoms with E-state index in [1.165, 1.54) is 12.1 Å². The number of imide groups is 2. The minimum atomic E-state index is -0.827. The number of halogens is 3. The van der Waals surface area contributed by atoms with Gasteiger partial charge in [0.1, 0.15) is 17.9 Å². The highest BCUT2D eigenvalue weighted by Crippen LogP contribution is 2.26. The molecule has 1 aliphatic rings. The molecule has 0 aromatic heterocycles. The van der Waals surface area contributed by atoms with Gasteiger partial charge >= 0.3 is 6.03 Å². The first kappa shape index (κ1) is 23.2. The summed E-state index contributed by atoms with van der Waals surface area (Å²) in [6.07, 6.45) is 1.43. The zero-order chi connectivity index (χ0) is 23.5. The molecule has 0 bridgehead atoms. The zero-order valence-corrected chi connectivity index (χ0v) is 20.8. The summed E-state index contributed by atoms with van der Waals surface area (Å²) in [5, 5.41) is 2.55. The Morgan fingerprint density at radius 3 is 2.42 bits per heavy atom. The third-order valence-corrected chi connectivity index (χ3v) is 6.24. The Morgan fingerprint density at radius 2 is 1.73 bits per heavy atom. The smallest absolute Gasteiger partial charge is 0.335 e. The quantitative estimate of drug-likeness (QED) is 0.288. The molecule has 6 nitrogen and oxygen atoms in total. The van der Waals surface area contributed by atoms with Crippen LogP contribution in [0.25, 0.3) is 6.08 Å². The number of rotatable bonds is 5. The Hall–Kier alpha value is -2.94. The number of urea groups is 1. The average molecular weight is 591 g/mol. The van der Waals surface area contributed by atoms with Crippen molar-refractivity contribution < 1.29 is 19.1 Å².